The molecule has 192 valence electrons. The number of aryl methyl sites for hydroxylation is 2. The zero-order valence-corrected chi connectivity index (χ0v) is 21.5. The molecule has 2 aliphatic heterocycles. The molecule has 0 saturated heterocycles. The number of nitrogen functional groups attached to an aromatic ring is 1. The summed E-state index contributed by atoms with van der Waals surface area (Å²) in [5.41, 5.74) is 11.9. The highest BCUT2D eigenvalue weighted by atomic mass is 16.6. The van der Waals surface area contributed by atoms with E-state index in [9.17, 15) is 14.7 Å². The van der Waals surface area contributed by atoms with Gasteiger partial charge in [0.1, 0.15) is 12.4 Å². The van der Waals surface area contributed by atoms with Crippen LogP contribution in [-0.2, 0) is 34.7 Å². The Kier molecular flexibility index (Phi) is 5.29. The summed E-state index contributed by atoms with van der Waals surface area (Å²) >= 11 is 0. The highest BCUT2D eigenvalue weighted by Gasteiger charge is 2.45. The van der Waals surface area contributed by atoms with Gasteiger partial charge in [0.2, 0.25) is 0 Å². The standard InChI is InChI=1S/C30H28N4O4/c1-4-17-19-13-34-23(12-21-20(28(34)35)14-38-29(36)30(21,37)5-2)26(19)33-22-11-10-18(27(31)32)24(25(17)22)16-8-6-15(3)7-9-16/h6-12,37H,4-5,13-14H2,1-3H3,(H3,31,32)/t30-/m0/s1. The number of benzene rings is 2. The molecule has 2 aromatic heterocycles. The van der Waals surface area contributed by atoms with Gasteiger partial charge in [-0.25, -0.2) is 9.78 Å². The van der Waals surface area contributed by atoms with Crippen LogP contribution in [0.1, 0.15) is 53.6 Å². The van der Waals surface area contributed by atoms with Crippen molar-refractivity contribution < 1.29 is 14.6 Å². The molecule has 38 heavy (non-hydrogen) atoms. The fraction of sp³-hybridized carbons (Fsp3) is 0.267. The van der Waals surface area contributed by atoms with E-state index in [1.54, 1.807) is 17.6 Å². The first kappa shape index (κ1) is 24.1. The summed E-state index contributed by atoms with van der Waals surface area (Å²) in [5, 5.41) is 20.4. The smallest absolute Gasteiger partial charge is 0.343 e. The summed E-state index contributed by atoms with van der Waals surface area (Å²) in [7, 11) is 0. The Hall–Kier alpha value is -4.30. The maximum Gasteiger partial charge on any atom is 0.343 e. The summed E-state index contributed by atoms with van der Waals surface area (Å²) < 4.78 is 6.85. The molecule has 0 radical (unpaired) electrons. The van der Waals surface area contributed by atoms with Gasteiger partial charge in [0.15, 0.2) is 5.60 Å². The minimum atomic E-state index is -1.87. The number of hydrogen-bond acceptors (Lipinski definition) is 6. The largest absolute Gasteiger partial charge is 0.458 e. The fourth-order valence-electron chi connectivity index (χ4n) is 5.90. The van der Waals surface area contributed by atoms with Gasteiger partial charge in [0.25, 0.3) is 5.56 Å². The summed E-state index contributed by atoms with van der Waals surface area (Å²) in [6.07, 6.45) is 0.762. The summed E-state index contributed by atoms with van der Waals surface area (Å²) in [4.78, 5) is 31.2. The molecule has 4 heterocycles. The molecule has 8 heteroatoms. The second kappa shape index (κ2) is 8.36. The lowest BCUT2D eigenvalue weighted by atomic mass is 9.85. The number of aromatic nitrogens is 2. The number of rotatable bonds is 4. The molecule has 8 nitrogen and oxygen atoms in total. The van der Waals surface area contributed by atoms with Gasteiger partial charge in [0.05, 0.1) is 29.0 Å². The lowest BCUT2D eigenvalue weighted by Crippen LogP contribution is -2.44. The predicted molar refractivity (Wildman–Crippen MR) is 145 cm³/mol. The van der Waals surface area contributed by atoms with Crippen LogP contribution in [0.25, 0.3) is 33.4 Å². The first-order valence-corrected chi connectivity index (χ1v) is 12.8. The van der Waals surface area contributed by atoms with Gasteiger partial charge in [-0.15, -0.1) is 0 Å². The molecule has 6 rings (SSSR count). The number of cyclic esters (lactones) is 1. The average molecular weight is 509 g/mol. The van der Waals surface area contributed by atoms with Gasteiger partial charge in [-0.3, -0.25) is 10.2 Å². The van der Waals surface area contributed by atoms with Gasteiger partial charge >= 0.3 is 5.97 Å². The van der Waals surface area contributed by atoms with Crippen LogP contribution < -0.4 is 11.3 Å². The normalized spacial score (nSPS) is 17.6. The molecule has 0 fully saturated rings. The molecule has 0 saturated carbocycles. The second-order valence-corrected chi connectivity index (χ2v) is 10.0. The molecule has 0 spiro atoms. The van der Waals surface area contributed by atoms with Crippen molar-refractivity contribution in [2.75, 3.05) is 0 Å². The average Bonchev–Trinajstić information content (AvgIpc) is 3.28. The third-order valence-corrected chi connectivity index (χ3v) is 7.95. The number of carbonyl (C=O) groups is 1. The monoisotopic (exact) mass is 508 g/mol. The number of amidine groups is 1. The van der Waals surface area contributed by atoms with Crippen molar-refractivity contribution in [3.05, 3.63) is 86.2 Å². The number of nitrogens with two attached hydrogens (primary N) is 1. The van der Waals surface area contributed by atoms with Crippen LogP contribution in [0, 0.1) is 12.3 Å². The van der Waals surface area contributed by atoms with Crippen molar-refractivity contribution >= 4 is 22.7 Å². The van der Waals surface area contributed by atoms with Gasteiger partial charge in [0, 0.05) is 27.6 Å². The van der Waals surface area contributed by atoms with E-state index in [0.29, 0.717) is 41.0 Å². The van der Waals surface area contributed by atoms with E-state index in [2.05, 4.69) is 6.92 Å². The summed E-state index contributed by atoms with van der Waals surface area (Å²) in [6, 6.07) is 13.5. The first-order chi connectivity index (χ1) is 18.2. The predicted octanol–water partition coefficient (Wildman–Crippen LogP) is 3.90. The Bertz CT molecular complexity index is 1750. The zero-order chi connectivity index (χ0) is 26.9. The van der Waals surface area contributed by atoms with Crippen LogP contribution in [0.15, 0.2) is 47.3 Å². The van der Waals surface area contributed by atoms with E-state index in [4.69, 9.17) is 20.9 Å². The Balaban J connectivity index is 1.68. The number of fused-ring (bicyclic) bond motifs is 5. The molecule has 0 aliphatic carbocycles. The van der Waals surface area contributed by atoms with Crippen molar-refractivity contribution in [2.24, 2.45) is 5.73 Å². The van der Waals surface area contributed by atoms with Gasteiger partial charge in [-0.1, -0.05) is 43.7 Å². The highest BCUT2D eigenvalue weighted by molar-refractivity contribution is 6.11. The third kappa shape index (κ3) is 3.20. The van der Waals surface area contributed by atoms with Crippen molar-refractivity contribution in [3.63, 3.8) is 0 Å². The van der Waals surface area contributed by atoms with Crippen LogP contribution >= 0.6 is 0 Å². The topological polar surface area (TPSA) is 131 Å². The van der Waals surface area contributed by atoms with Crippen molar-refractivity contribution in [3.8, 4) is 22.5 Å². The maximum absolute atomic E-state index is 13.6. The van der Waals surface area contributed by atoms with E-state index in [-0.39, 0.29) is 24.4 Å². The Morgan fingerprint density at radius 2 is 1.89 bits per heavy atom. The number of nitrogens with zero attached hydrogens (tertiary/aromatic N) is 2. The van der Waals surface area contributed by atoms with E-state index in [1.807, 2.05) is 43.3 Å². The van der Waals surface area contributed by atoms with Gasteiger partial charge in [-0.05, 0) is 49.1 Å². The van der Waals surface area contributed by atoms with E-state index < -0.39 is 11.6 Å². The number of ether oxygens (including phenoxy) is 1. The Morgan fingerprint density at radius 3 is 2.55 bits per heavy atom. The Morgan fingerprint density at radius 1 is 1.16 bits per heavy atom. The molecular formula is C30H28N4O4. The van der Waals surface area contributed by atoms with E-state index in [0.717, 1.165) is 38.7 Å². The van der Waals surface area contributed by atoms with E-state index >= 15 is 0 Å². The number of pyridine rings is 2. The minimum absolute atomic E-state index is 0.0271. The minimum Gasteiger partial charge on any atom is -0.458 e. The SMILES string of the molecule is CCc1c2c(nc3ccc(C(=N)N)c(-c4ccc(C)cc4)c13)-c1cc3c(c(=O)n1C2)COC(=O)[C@]3(O)CC. The molecule has 1 atom stereocenters. The second-order valence-electron chi connectivity index (χ2n) is 10.0. The maximum atomic E-state index is 13.6. The molecule has 2 aliphatic rings. The molecule has 4 N–H and O–H groups in total. The van der Waals surface area contributed by atoms with Gasteiger partial charge < -0.3 is 20.1 Å². The van der Waals surface area contributed by atoms with Crippen LogP contribution in [0.3, 0.4) is 0 Å². The van der Waals surface area contributed by atoms with Crippen LogP contribution in [-0.4, -0.2) is 26.5 Å². The number of aliphatic hydroxyl groups is 1. The van der Waals surface area contributed by atoms with Crippen molar-refractivity contribution in [2.45, 2.75) is 52.4 Å². The molecule has 4 aromatic rings. The van der Waals surface area contributed by atoms with Crippen LogP contribution in [0.4, 0.5) is 0 Å². The summed E-state index contributed by atoms with van der Waals surface area (Å²) in [5.74, 6) is -0.768. The van der Waals surface area contributed by atoms with E-state index in [1.165, 1.54) is 0 Å². The van der Waals surface area contributed by atoms with Gasteiger partial charge in [-0.2, -0.15) is 0 Å². The van der Waals surface area contributed by atoms with Crippen molar-refractivity contribution in [1.82, 2.24) is 9.55 Å². The number of esters is 1. The fourth-order valence-corrected chi connectivity index (χ4v) is 5.90. The third-order valence-electron chi connectivity index (χ3n) is 7.95. The molecule has 0 bridgehead atoms. The lowest BCUT2D eigenvalue weighted by Gasteiger charge is -2.31. The molecular weight excluding hydrogens is 480 g/mol. The quantitative estimate of drug-likeness (QED) is 0.192. The Labute approximate surface area is 219 Å². The molecule has 0 unspecified atom stereocenters. The van der Waals surface area contributed by atoms with Crippen molar-refractivity contribution in [1.29, 1.82) is 5.41 Å². The molecule has 2 aromatic carbocycles. The highest BCUT2D eigenvalue weighted by Crippen LogP contribution is 2.43. The van der Waals surface area contributed by atoms with Crippen LogP contribution in [0.2, 0.25) is 0 Å². The lowest BCUT2D eigenvalue weighted by molar-refractivity contribution is -0.172. The number of nitrogens with one attached hydrogen (secondary N) is 1. The van der Waals surface area contributed by atoms with Crippen LogP contribution in [0.5, 0.6) is 0 Å². The first-order valence-electron chi connectivity index (χ1n) is 12.8. The number of hydrogen-bond donors (Lipinski definition) is 3. The zero-order valence-electron chi connectivity index (χ0n) is 21.5. The summed E-state index contributed by atoms with van der Waals surface area (Å²) in [6.45, 7) is 5.93. The molecule has 0 amide bonds. The number of carbonyl (C=O) groups excluding carboxylic acids is 1.